The topological polar surface area (TPSA) is 221 Å². The van der Waals surface area contributed by atoms with E-state index in [1.54, 1.807) is 0 Å². The first-order chi connectivity index (χ1) is 15.2. The summed E-state index contributed by atoms with van der Waals surface area (Å²) in [7, 11) is 1.15. The van der Waals surface area contributed by atoms with E-state index in [2.05, 4.69) is 14.8 Å². The molecule has 0 aromatic heterocycles. The fraction of sp³-hybridized carbons (Fsp3) is 0.833. The Balaban J connectivity index is 2.56. The summed E-state index contributed by atoms with van der Waals surface area (Å²) in [4.78, 5) is 35.1. The largest absolute Gasteiger partial charge is 0.467 e. The summed E-state index contributed by atoms with van der Waals surface area (Å²) in [5.74, 6) is -12.0. The normalized spacial score (nSPS) is 29.6. The number of aliphatic hydroxyl groups is 5. The number of alkyl halides is 2. The van der Waals surface area contributed by atoms with E-state index < -0.39 is 72.6 Å². The molecule has 0 saturated carbocycles. The van der Waals surface area contributed by atoms with Crippen LogP contribution in [0.2, 0.25) is 0 Å². The molecule has 13 nitrogen and oxygen atoms in total. The van der Waals surface area contributed by atoms with Crippen molar-refractivity contribution in [3.8, 4) is 0 Å². The van der Waals surface area contributed by atoms with Crippen molar-refractivity contribution in [1.82, 2.24) is 10.6 Å². The molecule has 1 rings (SSSR count). The number of carbonyl (C=O) groups is 3. The van der Waals surface area contributed by atoms with Crippen molar-refractivity contribution < 1.29 is 58.2 Å². The lowest BCUT2D eigenvalue weighted by atomic mass is 9.88. The number of hydrogen-bond acceptors (Lipinski definition) is 11. The number of ether oxygens (including phenoxy) is 2. The maximum absolute atomic E-state index is 14.6. The molecule has 192 valence electrons. The van der Waals surface area contributed by atoms with E-state index in [4.69, 9.17) is 10.8 Å². The molecule has 1 fully saturated rings. The molecule has 0 unspecified atom stereocenters. The Morgan fingerprint density at radius 1 is 1.21 bits per heavy atom. The Morgan fingerprint density at radius 2 is 1.82 bits per heavy atom. The number of aliphatic hydroxyl groups excluding tert-OH is 4. The highest BCUT2D eigenvalue weighted by Gasteiger charge is 2.69. The second-order valence-corrected chi connectivity index (χ2v) is 7.65. The number of rotatable bonds is 11. The molecule has 15 heteroatoms. The van der Waals surface area contributed by atoms with Crippen molar-refractivity contribution in [1.29, 1.82) is 0 Å². The van der Waals surface area contributed by atoms with Crippen LogP contribution in [0.25, 0.3) is 0 Å². The Morgan fingerprint density at radius 3 is 2.36 bits per heavy atom. The molecule has 1 aliphatic rings. The molecule has 1 heterocycles. The second kappa shape index (κ2) is 11.9. The van der Waals surface area contributed by atoms with E-state index in [9.17, 15) is 43.6 Å². The van der Waals surface area contributed by atoms with Crippen LogP contribution in [0.1, 0.15) is 26.2 Å². The monoisotopic (exact) mass is 487 g/mol. The number of halogens is 2. The van der Waals surface area contributed by atoms with Crippen LogP contribution in [0, 0.1) is 0 Å². The molecule has 7 atom stereocenters. The summed E-state index contributed by atoms with van der Waals surface area (Å²) in [6, 6.07) is -1.92. The fourth-order valence-corrected chi connectivity index (χ4v) is 3.07. The zero-order valence-corrected chi connectivity index (χ0v) is 18.1. The van der Waals surface area contributed by atoms with Crippen molar-refractivity contribution in [2.75, 3.05) is 20.3 Å². The SMILES string of the molecule is COC(=O)[C@H](C)NC(=O)[C@@H](N)CCCCNC(=O)C(F)(F)[C@]1(O)O[C@H](CO)[C@H](O)[C@H](O)[C@H]1O. The molecule has 1 saturated heterocycles. The zero-order chi connectivity index (χ0) is 25.6. The van der Waals surface area contributed by atoms with E-state index in [-0.39, 0.29) is 25.8 Å². The standard InChI is InChI=1S/C18H31F2N3O10/c1-8(15(29)32-2)23-14(28)9(21)5-3-4-6-22-16(30)17(19,20)18(31)13(27)12(26)11(25)10(7-24)33-18/h8-13,24-27,31H,3-7,21H2,1-2H3,(H,22,30)(H,23,28)/t8-,9-,10+,11-,12-,13+,18+/m0/s1. The van der Waals surface area contributed by atoms with Crippen LogP contribution >= 0.6 is 0 Å². The summed E-state index contributed by atoms with van der Waals surface area (Å²) in [5, 5.41) is 52.5. The van der Waals surface area contributed by atoms with Gasteiger partial charge in [0.1, 0.15) is 30.5 Å². The molecule has 0 aliphatic carbocycles. The Labute approximate surface area is 187 Å². The van der Waals surface area contributed by atoms with Gasteiger partial charge in [0, 0.05) is 6.54 Å². The highest BCUT2D eigenvalue weighted by Crippen LogP contribution is 2.39. The van der Waals surface area contributed by atoms with Gasteiger partial charge in [-0.15, -0.1) is 0 Å². The third kappa shape index (κ3) is 6.53. The zero-order valence-electron chi connectivity index (χ0n) is 18.1. The minimum absolute atomic E-state index is 0.0950. The average molecular weight is 487 g/mol. The predicted molar refractivity (Wildman–Crippen MR) is 104 cm³/mol. The first kappa shape index (κ1) is 29.0. The minimum Gasteiger partial charge on any atom is -0.467 e. The minimum atomic E-state index is -4.78. The number of nitrogens with one attached hydrogen (secondary N) is 2. The number of hydrogen-bond donors (Lipinski definition) is 8. The maximum Gasteiger partial charge on any atom is 0.379 e. The lowest BCUT2D eigenvalue weighted by Crippen LogP contribution is -2.73. The molecule has 1 aliphatic heterocycles. The lowest BCUT2D eigenvalue weighted by molar-refractivity contribution is -0.401. The van der Waals surface area contributed by atoms with Gasteiger partial charge in [-0.2, -0.15) is 8.78 Å². The van der Waals surface area contributed by atoms with Gasteiger partial charge in [-0.3, -0.25) is 9.59 Å². The smallest absolute Gasteiger partial charge is 0.379 e. The third-order valence-electron chi connectivity index (χ3n) is 5.18. The fourth-order valence-electron chi connectivity index (χ4n) is 3.07. The molecule has 0 bridgehead atoms. The first-order valence-electron chi connectivity index (χ1n) is 10.1. The lowest BCUT2D eigenvalue weighted by Gasteiger charge is -2.47. The van der Waals surface area contributed by atoms with Crippen molar-refractivity contribution >= 4 is 17.8 Å². The average Bonchev–Trinajstić information content (AvgIpc) is 2.78. The van der Waals surface area contributed by atoms with E-state index in [1.165, 1.54) is 6.92 Å². The van der Waals surface area contributed by atoms with Crippen LogP contribution in [0.15, 0.2) is 0 Å². The van der Waals surface area contributed by atoms with Gasteiger partial charge in [0.05, 0.1) is 19.8 Å². The number of nitrogens with two attached hydrogens (primary N) is 1. The van der Waals surface area contributed by atoms with Crippen molar-refractivity contribution in [2.45, 2.75) is 74.4 Å². The third-order valence-corrected chi connectivity index (χ3v) is 5.18. The Bertz CT molecular complexity index is 698. The van der Waals surface area contributed by atoms with Gasteiger partial charge in [0.2, 0.25) is 5.91 Å². The number of unbranched alkanes of at least 4 members (excludes halogenated alkanes) is 1. The van der Waals surface area contributed by atoms with Gasteiger partial charge in [-0.1, -0.05) is 0 Å². The van der Waals surface area contributed by atoms with Crippen LogP contribution in [-0.4, -0.2) is 112 Å². The van der Waals surface area contributed by atoms with E-state index in [0.29, 0.717) is 0 Å². The van der Waals surface area contributed by atoms with E-state index >= 15 is 0 Å². The molecule has 0 aromatic rings. The van der Waals surface area contributed by atoms with Crippen LogP contribution in [0.3, 0.4) is 0 Å². The maximum atomic E-state index is 14.6. The van der Waals surface area contributed by atoms with Gasteiger partial charge in [-0.25, -0.2) is 4.79 Å². The van der Waals surface area contributed by atoms with Crippen molar-refractivity contribution in [2.24, 2.45) is 5.73 Å². The quantitative estimate of drug-likeness (QED) is 0.104. The van der Waals surface area contributed by atoms with Gasteiger partial charge in [0.25, 0.3) is 11.7 Å². The van der Waals surface area contributed by atoms with Gasteiger partial charge in [0.15, 0.2) is 0 Å². The second-order valence-electron chi connectivity index (χ2n) is 7.65. The number of methoxy groups -OCH3 is 1. The molecule has 0 radical (unpaired) electrons. The van der Waals surface area contributed by atoms with Gasteiger partial charge in [-0.05, 0) is 26.2 Å². The highest BCUT2D eigenvalue weighted by molar-refractivity contribution is 5.87. The van der Waals surface area contributed by atoms with Gasteiger partial charge < -0.3 is 51.4 Å². The summed E-state index contributed by atoms with van der Waals surface area (Å²) in [5.41, 5.74) is 5.69. The Hall–Kier alpha value is -2.01. The van der Waals surface area contributed by atoms with Crippen LogP contribution in [0.5, 0.6) is 0 Å². The van der Waals surface area contributed by atoms with E-state index in [1.807, 2.05) is 5.32 Å². The summed E-state index contributed by atoms with van der Waals surface area (Å²) in [6.45, 7) is -0.0190. The van der Waals surface area contributed by atoms with Crippen LogP contribution in [0.4, 0.5) is 8.78 Å². The molecular weight excluding hydrogens is 456 g/mol. The summed E-state index contributed by atoms with van der Waals surface area (Å²) < 4.78 is 38.1. The summed E-state index contributed by atoms with van der Waals surface area (Å²) >= 11 is 0. The molecule has 0 spiro atoms. The number of carbonyl (C=O) groups excluding carboxylic acids is 3. The predicted octanol–water partition coefficient (Wildman–Crippen LogP) is -3.92. The number of esters is 1. The highest BCUT2D eigenvalue weighted by atomic mass is 19.3. The summed E-state index contributed by atoms with van der Waals surface area (Å²) in [6.07, 6.45) is -8.55. The van der Waals surface area contributed by atoms with Crippen molar-refractivity contribution in [3.63, 3.8) is 0 Å². The van der Waals surface area contributed by atoms with Crippen LogP contribution < -0.4 is 16.4 Å². The van der Waals surface area contributed by atoms with Gasteiger partial charge >= 0.3 is 11.9 Å². The molecule has 2 amide bonds. The molecular formula is C18H31F2N3O10. The van der Waals surface area contributed by atoms with E-state index in [0.717, 1.165) is 7.11 Å². The Kier molecular flexibility index (Phi) is 10.5. The number of amides is 2. The van der Waals surface area contributed by atoms with Crippen molar-refractivity contribution in [3.05, 3.63) is 0 Å². The van der Waals surface area contributed by atoms with Crippen LogP contribution in [-0.2, 0) is 23.9 Å². The first-order valence-corrected chi connectivity index (χ1v) is 10.1. The molecule has 0 aromatic carbocycles. The molecule has 9 N–H and O–H groups in total. The molecule has 33 heavy (non-hydrogen) atoms.